The van der Waals surface area contributed by atoms with Crippen molar-refractivity contribution < 1.29 is 23.7 Å². The normalized spacial score (nSPS) is 16.4. The highest BCUT2D eigenvalue weighted by Gasteiger charge is 2.36. The summed E-state index contributed by atoms with van der Waals surface area (Å²) in [5.41, 5.74) is 2.17. The van der Waals surface area contributed by atoms with Gasteiger partial charge in [0.1, 0.15) is 11.8 Å². The van der Waals surface area contributed by atoms with E-state index in [1.165, 1.54) is 11.3 Å². The van der Waals surface area contributed by atoms with Gasteiger partial charge in [0.25, 0.3) is 5.56 Å². The van der Waals surface area contributed by atoms with Crippen LogP contribution in [0.3, 0.4) is 0 Å². The molecule has 0 aliphatic carbocycles. The number of aromatic nitrogens is 1. The molecule has 0 bridgehead atoms. The van der Waals surface area contributed by atoms with Crippen molar-refractivity contribution in [1.29, 1.82) is 0 Å². The van der Waals surface area contributed by atoms with Crippen molar-refractivity contribution in [3.63, 3.8) is 0 Å². The maximum atomic E-state index is 13.9. The highest BCUT2D eigenvalue weighted by atomic mass is 79.9. The second kappa shape index (κ2) is 10.5. The molecule has 1 atom stereocenters. The molecule has 3 aromatic rings. The number of esters is 1. The predicted molar refractivity (Wildman–Crippen MR) is 143 cm³/mol. The maximum Gasteiger partial charge on any atom is 0.338 e. The Kier molecular flexibility index (Phi) is 7.21. The summed E-state index contributed by atoms with van der Waals surface area (Å²) in [7, 11) is 1.57. The van der Waals surface area contributed by atoms with E-state index in [0.717, 1.165) is 16.5 Å². The Balaban J connectivity index is 1.77. The highest BCUT2D eigenvalue weighted by molar-refractivity contribution is 9.10. The van der Waals surface area contributed by atoms with Crippen LogP contribution in [-0.4, -0.2) is 31.0 Å². The van der Waals surface area contributed by atoms with Crippen LogP contribution < -0.4 is 29.1 Å². The Bertz CT molecular complexity index is 1590. The monoisotopic (exact) mass is 584 g/mol. The fourth-order valence-electron chi connectivity index (χ4n) is 4.49. The summed E-state index contributed by atoms with van der Waals surface area (Å²) in [4.78, 5) is 32.6. The first-order valence-corrected chi connectivity index (χ1v) is 13.5. The lowest BCUT2D eigenvalue weighted by Gasteiger charge is -2.27. The van der Waals surface area contributed by atoms with Crippen LogP contribution >= 0.6 is 27.3 Å². The lowest BCUT2D eigenvalue weighted by atomic mass is 9.93. The molecule has 3 heterocycles. The van der Waals surface area contributed by atoms with E-state index in [9.17, 15) is 9.59 Å². The quantitative estimate of drug-likeness (QED) is 0.389. The summed E-state index contributed by atoms with van der Waals surface area (Å²) in [6.45, 7) is 4.16. The molecular weight excluding hydrogens is 560 g/mol. The molecule has 8 nitrogen and oxygen atoms in total. The van der Waals surface area contributed by atoms with Crippen LogP contribution in [0, 0.1) is 0 Å². The average molecular weight is 585 g/mol. The first kappa shape index (κ1) is 25.3. The second-order valence-electron chi connectivity index (χ2n) is 8.41. The first-order valence-electron chi connectivity index (χ1n) is 11.9. The molecule has 2 aromatic carbocycles. The molecule has 10 heteroatoms. The molecule has 0 amide bonds. The molecule has 2 aliphatic heterocycles. The third-order valence-electron chi connectivity index (χ3n) is 6.07. The van der Waals surface area contributed by atoms with Crippen LogP contribution in [0.2, 0.25) is 0 Å². The Hall–Kier alpha value is -3.37. The van der Waals surface area contributed by atoms with Gasteiger partial charge in [0, 0.05) is 10.0 Å². The van der Waals surface area contributed by atoms with Gasteiger partial charge >= 0.3 is 5.97 Å². The highest BCUT2D eigenvalue weighted by Crippen LogP contribution is 2.38. The van der Waals surface area contributed by atoms with E-state index in [1.807, 2.05) is 43.3 Å². The van der Waals surface area contributed by atoms with E-state index < -0.39 is 12.0 Å². The van der Waals surface area contributed by atoms with Gasteiger partial charge in [-0.3, -0.25) is 9.36 Å². The Morgan fingerprint density at radius 1 is 1.22 bits per heavy atom. The number of hydrogen-bond donors (Lipinski definition) is 0. The minimum absolute atomic E-state index is 0.173. The van der Waals surface area contributed by atoms with Gasteiger partial charge in [-0.05, 0) is 55.3 Å². The number of ether oxygens (including phenoxy) is 4. The average Bonchev–Trinajstić information content (AvgIpc) is 3.47. The largest absolute Gasteiger partial charge is 0.496 e. The van der Waals surface area contributed by atoms with Crippen molar-refractivity contribution in [3.05, 3.63) is 83.0 Å². The van der Waals surface area contributed by atoms with Crippen molar-refractivity contribution in [1.82, 2.24) is 4.57 Å². The van der Waals surface area contributed by atoms with Crippen molar-refractivity contribution in [3.8, 4) is 17.2 Å². The fraction of sp³-hybridized carbons (Fsp3) is 0.296. The van der Waals surface area contributed by atoms with Crippen LogP contribution in [0.25, 0.3) is 6.08 Å². The summed E-state index contributed by atoms with van der Waals surface area (Å²) in [5.74, 6) is 1.36. The fourth-order valence-corrected chi connectivity index (χ4v) is 5.89. The van der Waals surface area contributed by atoms with Gasteiger partial charge in [-0.25, -0.2) is 9.79 Å². The van der Waals surface area contributed by atoms with E-state index >= 15 is 0 Å². The molecule has 0 saturated heterocycles. The Morgan fingerprint density at radius 2 is 2.03 bits per heavy atom. The van der Waals surface area contributed by atoms with Crippen LogP contribution in [-0.2, 0) is 9.53 Å². The number of hydrogen-bond acceptors (Lipinski definition) is 8. The summed E-state index contributed by atoms with van der Waals surface area (Å²) in [6, 6.07) is 10.3. The molecule has 0 fully saturated rings. The molecule has 0 saturated carbocycles. The third kappa shape index (κ3) is 4.71. The molecular formula is C27H25BrN2O6S. The van der Waals surface area contributed by atoms with Crippen molar-refractivity contribution >= 4 is 39.3 Å². The van der Waals surface area contributed by atoms with Gasteiger partial charge in [-0.1, -0.05) is 46.7 Å². The molecule has 192 valence electrons. The van der Waals surface area contributed by atoms with Crippen molar-refractivity contribution in [2.75, 3.05) is 20.5 Å². The second-order valence-corrected chi connectivity index (χ2v) is 10.3. The molecule has 1 aromatic heterocycles. The Morgan fingerprint density at radius 3 is 2.78 bits per heavy atom. The lowest BCUT2D eigenvalue weighted by Crippen LogP contribution is -2.40. The molecule has 2 aliphatic rings. The number of rotatable bonds is 7. The molecule has 5 rings (SSSR count). The number of carbonyl (C=O) groups is 1. The van der Waals surface area contributed by atoms with E-state index in [0.29, 0.717) is 49.8 Å². The van der Waals surface area contributed by atoms with Gasteiger partial charge < -0.3 is 18.9 Å². The SMILES string of the molecule is CCCC1=C(C(=O)OCC)[C@H](c2cc(Br)ccc2OC)n2c(s/c(=C/c3ccc4c(c3)OCO4)c2=O)=N1. The van der Waals surface area contributed by atoms with Crippen molar-refractivity contribution in [2.24, 2.45) is 4.99 Å². The van der Waals surface area contributed by atoms with E-state index in [1.54, 1.807) is 24.7 Å². The summed E-state index contributed by atoms with van der Waals surface area (Å²) in [6.07, 6.45) is 3.14. The third-order valence-corrected chi connectivity index (χ3v) is 7.55. The van der Waals surface area contributed by atoms with Gasteiger partial charge in [0.2, 0.25) is 6.79 Å². The van der Waals surface area contributed by atoms with Crippen LogP contribution in [0.4, 0.5) is 0 Å². The minimum Gasteiger partial charge on any atom is -0.496 e. The van der Waals surface area contributed by atoms with E-state index in [-0.39, 0.29) is 19.0 Å². The zero-order chi connectivity index (χ0) is 26.1. The zero-order valence-corrected chi connectivity index (χ0v) is 23.0. The maximum absolute atomic E-state index is 13.9. The molecule has 0 unspecified atom stereocenters. The van der Waals surface area contributed by atoms with Gasteiger partial charge in [-0.2, -0.15) is 0 Å². The standard InChI is InChI=1S/C27H25BrN2O6S/c1-4-6-18-23(26(32)34-5-2)24(17-13-16(28)8-10-19(17)33-3)30-25(31)22(37-27(30)29-18)12-15-7-9-20-21(11-15)36-14-35-20/h7-13,24H,4-6,14H2,1-3H3/b22-12+/t24-/m0/s1. The molecule has 0 spiro atoms. The van der Waals surface area contributed by atoms with E-state index in [4.69, 9.17) is 23.9 Å². The summed E-state index contributed by atoms with van der Waals surface area (Å²) < 4.78 is 24.9. The number of fused-ring (bicyclic) bond motifs is 2. The molecule has 0 radical (unpaired) electrons. The van der Waals surface area contributed by atoms with Gasteiger partial charge in [0.05, 0.1) is 29.5 Å². The number of thiazole rings is 1. The number of halogens is 1. The van der Waals surface area contributed by atoms with Crippen LogP contribution in [0.15, 0.2) is 61.9 Å². The summed E-state index contributed by atoms with van der Waals surface area (Å²) in [5, 5.41) is 0. The summed E-state index contributed by atoms with van der Waals surface area (Å²) >= 11 is 4.81. The van der Waals surface area contributed by atoms with E-state index in [2.05, 4.69) is 15.9 Å². The number of nitrogens with zero attached hydrogens (tertiary/aromatic N) is 2. The minimum atomic E-state index is -0.761. The zero-order valence-electron chi connectivity index (χ0n) is 20.6. The van der Waals surface area contributed by atoms with Crippen molar-refractivity contribution in [2.45, 2.75) is 32.7 Å². The predicted octanol–water partition coefficient (Wildman–Crippen LogP) is 4.08. The molecule has 0 N–H and O–H groups in total. The first-order chi connectivity index (χ1) is 17.9. The van der Waals surface area contributed by atoms with Crippen LogP contribution in [0.1, 0.15) is 43.9 Å². The lowest BCUT2D eigenvalue weighted by molar-refractivity contribution is -0.139. The van der Waals surface area contributed by atoms with Crippen LogP contribution in [0.5, 0.6) is 17.2 Å². The van der Waals surface area contributed by atoms with Gasteiger partial charge in [-0.15, -0.1) is 0 Å². The van der Waals surface area contributed by atoms with Gasteiger partial charge in [0.15, 0.2) is 16.3 Å². The number of methoxy groups -OCH3 is 1. The Labute approximate surface area is 225 Å². The topological polar surface area (TPSA) is 88.4 Å². The number of benzene rings is 2. The number of allylic oxidation sites excluding steroid dienone is 1. The smallest absolute Gasteiger partial charge is 0.338 e. The number of carbonyl (C=O) groups excluding carboxylic acids is 1. The molecule has 37 heavy (non-hydrogen) atoms.